The lowest BCUT2D eigenvalue weighted by atomic mass is 10.4. The average molecular weight is 182 g/mol. The lowest BCUT2D eigenvalue weighted by molar-refractivity contribution is 0.217. The minimum absolute atomic E-state index is 0.280. The molecule has 0 bridgehead atoms. The second-order valence-electron chi connectivity index (χ2n) is 1.30. The molecule has 2 heteroatoms. The largest absolute Gasteiger partial charge is 0.509 e. The molecule has 74 valence electrons. The molecule has 0 aromatic heterocycles. The third kappa shape index (κ3) is 17.9. The van der Waals surface area contributed by atoms with Crippen LogP contribution in [0.5, 0.6) is 0 Å². The Morgan fingerprint density at radius 1 is 1.08 bits per heavy atom. The lowest BCUT2D eigenvalue weighted by Crippen LogP contribution is -1.94. The smallest absolute Gasteiger partial charge is 0.144 e. The fourth-order valence-corrected chi connectivity index (χ4v) is 0.388. The average Bonchev–Trinajstić information content (AvgIpc) is 2.28. The molecule has 0 spiro atoms. The number of hydrogen-bond donors (Lipinski definition) is 1. The maximum absolute atomic E-state index is 8.59. The highest BCUT2D eigenvalue weighted by Gasteiger charge is 1.91. The Morgan fingerprint density at radius 2 is 1.54 bits per heavy atom. The molecule has 1 aliphatic heterocycles. The van der Waals surface area contributed by atoms with E-state index in [0.717, 1.165) is 0 Å². The first kappa shape index (κ1) is 17.4. The van der Waals surface area contributed by atoms with Crippen LogP contribution in [0.4, 0.5) is 0 Å². The van der Waals surface area contributed by atoms with Crippen LogP contribution in [0.1, 0.15) is 0 Å². The van der Waals surface area contributed by atoms with Gasteiger partial charge in [-0.1, -0.05) is 0 Å². The van der Waals surface area contributed by atoms with E-state index in [0.29, 0.717) is 6.61 Å². The van der Waals surface area contributed by atoms with Gasteiger partial charge in [-0.25, -0.2) is 0 Å². The molecular formula is C11H18O2. The maximum atomic E-state index is 8.59. The SMILES string of the molecule is C=C.C=C.C=C.OC1=CC=COC1. The second kappa shape index (κ2) is 22.4. The normalized spacial score (nSPS) is 10.6. The van der Waals surface area contributed by atoms with Crippen molar-refractivity contribution in [3.63, 3.8) is 0 Å². The van der Waals surface area contributed by atoms with Crippen molar-refractivity contribution in [2.45, 2.75) is 0 Å². The predicted molar refractivity (Wildman–Crippen MR) is 59.6 cm³/mol. The van der Waals surface area contributed by atoms with Crippen LogP contribution < -0.4 is 0 Å². The van der Waals surface area contributed by atoms with Gasteiger partial charge >= 0.3 is 0 Å². The molecule has 0 fully saturated rings. The third-order valence-corrected chi connectivity index (χ3v) is 0.695. The molecule has 0 saturated carbocycles. The second-order valence-corrected chi connectivity index (χ2v) is 1.30. The van der Waals surface area contributed by atoms with Gasteiger partial charge in [0, 0.05) is 0 Å². The number of hydrogen-bond acceptors (Lipinski definition) is 2. The number of aliphatic hydroxyl groups is 1. The van der Waals surface area contributed by atoms with Gasteiger partial charge in [0.05, 0.1) is 6.26 Å². The zero-order chi connectivity index (χ0) is 11.1. The van der Waals surface area contributed by atoms with E-state index in [-0.39, 0.29) is 5.76 Å². The van der Waals surface area contributed by atoms with Crippen molar-refractivity contribution in [1.82, 2.24) is 0 Å². The Bertz CT molecular complexity index is 143. The van der Waals surface area contributed by atoms with Gasteiger partial charge in [-0.15, -0.1) is 39.5 Å². The van der Waals surface area contributed by atoms with Gasteiger partial charge < -0.3 is 9.84 Å². The van der Waals surface area contributed by atoms with E-state index in [1.807, 2.05) is 0 Å². The van der Waals surface area contributed by atoms with Crippen LogP contribution in [0, 0.1) is 0 Å². The molecule has 1 rings (SSSR count). The summed E-state index contributed by atoms with van der Waals surface area (Å²) in [4.78, 5) is 0. The van der Waals surface area contributed by atoms with Crippen LogP contribution >= 0.6 is 0 Å². The number of allylic oxidation sites excluding steroid dienone is 2. The number of ether oxygens (including phenoxy) is 1. The van der Waals surface area contributed by atoms with Gasteiger partial charge in [0.25, 0.3) is 0 Å². The minimum atomic E-state index is 0.280. The van der Waals surface area contributed by atoms with E-state index in [2.05, 4.69) is 44.2 Å². The van der Waals surface area contributed by atoms with E-state index >= 15 is 0 Å². The van der Waals surface area contributed by atoms with Crippen LogP contribution in [-0.2, 0) is 4.74 Å². The highest BCUT2D eigenvalue weighted by Crippen LogP contribution is 1.96. The van der Waals surface area contributed by atoms with Crippen LogP contribution in [-0.4, -0.2) is 11.7 Å². The Hall–Kier alpha value is -1.70. The topological polar surface area (TPSA) is 29.5 Å². The van der Waals surface area contributed by atoms with Crippen molar-refractivity contribution in [2.24, 2.45) is 0 Å². The van der Waals surface area contributed by atoms with Crippen molar-refractivity contribution in [2.75, 3.05) is 6.61 Å². The maximum Gasteiger partial charge on any atom is 0.144 e. The Morgan fingerprint density at radius 3 is 1.69 bits per heavy atom. The summed E-state index contributed by atoms with van der Waals surface area (Å²) in [5.74, 6) is 0.280. The van der Waals surface area contributed by atoms with Crippen LogP contribution in [0.3, 0.4) is 0 Å². The van der Waals surface area contributed by atoms with Gasteiger partial charge in [-0.2, -0.15) is 0 Å². The highest BCUT2D eigenvalue weighted by atomic mass is 16.5. The minimum Gasteiger partial charge on any atom is -0.509 e. The Balaban J connectivity index is -0.000000144. The first-order chi connectivity index (χ1) is 6.39. The van der Waals surface area contributed by atoms with Crippen LogP contribution in [0.15, 0.2) is 63.6 Å². The standard InChI is InChI=1S/C5H6O2.3C2H4/c6-5-2-1-3-7-4-5;3*1-2/h1-3,6H,4H2;3*1-2H2. The summed E-state index contributed by atoms with van der Waals surface area (Å²) in [6.07, 6.45) is 4.79. The molecule has 0 atom stereocenters. The van der Waals surface area contributed by atoms with Gasteiger partial charge in [-0.3, -0.25) is 0 Å². The van der Waals surface area contributed by atoms with Crippen LogP contribution in [0.25, 0.3) is 0 Å². The zero-order valence-electron chi connectivity index (χ0n) is 8.04. The summed E-state index contributed by atoms with van der Waals surface area (Å²) >= 11 is 0. The van der Waals surface area contributed by atoms with Crippen molar-refractivity contribution in [3.05, 3.63) is 63.6 Å². The monoisotopic (exact) mass is 182 g/mol. The molecular weight excluding hydrogens is 164 g/mol. The third-order valence-electron chi connectivity index (χ3n) is 0.695. The van der Waals surface area contributed by atoms with E-state index < -0.39 is 0 Å². The lowest BCUT2D eigenvalue weighted by Gasteiger charge is -2.01. The van der Waals surface area contributed by atoms with Gasteiger partial charge in [0.1, 0.15) is 12.4 Å². The first-order valence-electron chi connectivity index (χ1n) is 3.56. The molecule has 0 saturated heterocycles. The van der Waals surface area contributed by atoms with E-state index in [1.54, 1.807) is 18.4 Å². The molecule has 1 heterocycles. The predicted octanol–water partition coefficient (Wildman–Crippen LogP) is 3.38. The van der Waals surface area contributed by atoms with Gasteiger partial charge in [0.15, 0.2) is 0 Å². The fourth-order valence-electron chi connectivity index (χ4n) is 0.388. The molecule has 0 amide bonds. The van der Waals surface area contributed by atoms with Crippen molar-refractivity contribution >= 4 is 0 Å². The molecule has 1 N–H and O–H groups in total. The molecule has 13 heavy (non-hydrogen) atoms. The number of rotatable bonds is 0. The molecule has 1 aliphatic rings. The van der Waals surface area contributed by atoms with E-state index in [4.69, 9.17) is 5.11 Å². The quantitative estimate of drug-likeness (QED) is 0.582. The molecule has 0 aromatic rings. The van der Waals surface area contributed by atoms with Crippen molar-refractivity contribution < 1.29 is 9.84 Å². The van der Waals surface area contributed by atoms with E-state index in [9.17, 15) is 0 Å². The molecule has 2 nitrogen and oxygen atoms in total. The summed E-state index contributed by atoms with van der Waals surface area (Å²) in [6.45, 7) is 18.3. The summed E-state index contributed by atoms with van der Waals surface area (Å²) in [5.41, 5.74) is 0. The fraction of sp³-hybridized carbons (Fsp3) is 0.0909. The Labute approximate surface area is 80.9 Å². The van der Waals surface area contributed by atoms with E-state index in [1.165, 1.54) is 0 Å². The van der Waals surface area contributed by atoms with Crippen molar-refractivity contribution in [3.8, 4) is 0 Å². The molecule has 0 aliphatic carbocycles. The summed E-state index contributed by atoms with van der Waals surface area (Å²) in [5, 5.41) is 8.59. The Kier molecular flexibility index (Phi) is 30.0. The summed E-state index contributed by atoms with van der Waals surface area (Å²) in [6, 6.07) is 0. The van der Waals surface area contributed by atoms with Gasteiger partial charge in [-0.05, 0) is 12.2 Å². The first-order valence-corrected chi connectivity index (χ1v) is 3.56. The van der Waals surface area contributed by atoms with Crippen molar-refractivity contribution in [1.29, 1.82) is 0 Å². The molecule has 0 unspecified atom stereocenters. The molecule has 0 radical (unpaired) electrons. The summed E-state index contributed by atoms with van der Waals surface area (Å²) in [7, 11) is 0. The number of aliphatic hydroxyl groups excluding tert-OH is 1. The van der Waals surface area contributed by atoms with Crippen LogP contribution in [0.2, 0.25) is 0 Å². The molecule has 0 aromatic carbocycles. The highest BCUT2D eigenvalue weighted by molar-refractivity contribution is 5.08. The zero-order valence-corrected chi connectivity index (χ0v) is 8.04. The summed E-state index contributed by atoms with van der Waals surface area (Å²) < 4.78 is 4.68. The van der Waals surface area contributed by atoms with Gasteiger partial charge in [0.2, 0.25) is 0 Å².